The summed E-state index contributed by atoms with van der Waals surface area (Å²) in [5, 5.41) is 0. The first-order chi connectivity index (χ1) is 6.56. The Kier molecular flexibility index (Phi) is 3.41. The van der Waals surface area contributed by atoms with E-state index in [2.05, 4.69) is 9.88 Å². The molecule has 1 aromatic heterocycles. The number of nitrogens with two attached hydrogens (primary N) is 1. The third-order valence-electron chi connectivity index (χ3n) is 2.53. The van der Waals surface area contributed by atoms with Gasteiger partial charge in [0.25, 0.3) is 0 Å². The minimum atomic E-state index is -0.342. The van der Waals surface area contributed by atoms with Crippen molar-refractivity contribution in [3.63, 3.8) is 0 Å². The second-order valence-electron chi connectivity index (χ2n) is 3.38. The molecular formula is C10H16FN3. The average molecular weight is 197 g/mol. The Bertz CT molecular complexity index is 314. The summed E-state index contributed by atoms with van der Waals surface area (Å²) < 4.78 is 12.9. The summed E-state index contributed by atoms with van der Waals surface area (Å²) in [5.74, 6) is 0.0600. The standard InChI is InChI=1S/C10H16FN3/c1-4-14(3)7(2)9-5-8(11)6-13-10(9)12/h5-7H,4H2,1-3H3,(H2,12,13). The van der Waals surface area contributed by atoms with Crippen LogP contribution in [0.25, 0.3) is 0 Å². The van der Waals surface area contributed by atoms with Gasteiger partial charge in [-0.15, -0.1) is 0 Å². The van der Waals surface area contributed by atoms with Gasteiger partial charge in [-0.25, -0.2) is 9.37 Å². The number of pyridine rings is 1. The molecule has 2 N–H and O–H groups in total. The van der Waals surface area contributed by atoms with Gasteiger partial charge >= 0.3 is 0 Å². The van der Waals surface area contributed by atoms with Crippen LogP contribution < -0.4 is 5.73 Å². The maximum absolute atomic E-state index is 12.9. The molecule has 1 rings (SSSR count). The number of nitrogens with zero attached hydrogens (tertiary/aromatic N) is 2. The van der Waals surface area contributed by atoms with Crippen LogP contribution in [-0.2, 0) is 0 Å². The number of aromatic nitrogens is 1. The van der Waals surface area contributed by atoms with Gasteiger partial charge in [-0.2, -0.15) is 0 Å². The van der Waals surface area contributed by atoms with Crippen molar-refractivity contribution in [2.75, 3.05) is 19.3 Å². The van der Waals surface area contributed by atoms with Gasteiger partial charge in [0.1, 0.15) is 11.6 Å². The first kappa shape index (κ1) is 10.9. The quantitative estimate of drug-likeness (QED) is 0.803. The van der Waals surface area contributed by atoms with Crippen LogP contribution in [0, 0.1) is 5.82 Å². The van der Waals surface area contributed by atoms with E-state index < -0.39 is 0 Å². The van der Waals surface area contributed by atoms with Crippen molar-refractivity contribution >= 4 is 5.82 Å². The van der Waals surface area contributed by atoms with Crippen molar-refractivity contribution in [2.24, 2.45) is 0 Å². The number of hydrogen-bond acceptors (Lipinski definition) is 3. The summed E-state index contributed by atoms with van der Waals surface area (Å²) in [6.07, 6.45) is 1.14. The van der Waals surface area contributed by atoms with E-state index in [4.69, 9.17) is 5.73 Å². The van der Waals surface area contributed by atoms with Crippen LogP contribution in [0.2, 0.25) is 0 Å². The normalized spacial score (nSPS) is 13.2. The first-order valence-electron chi connectivity index (χ1n) is 4.67. The molecule has 78 valence electrons. The smallest absolute Gasteiger partial charge is 0.141 e. The Hall–Kier alpha value is -1.16. The summed E-state index contributed by atoms with van der Waals surface area (Å²) >= 11 is 0. The zero-order chi connectivity index (χ0) is 10.7. The largest absolute Gasteiger partial charge is 0.383 e. The van der Waals surface area contributed by atoms with Crippen molar-refractivity contribution in [2.45, 2.75) is 19.9 Å². The summed E-state index contributed by atoms with van der Waals surface area (Å²) in [4.78, 5) is 5.87. The third kappa shape index (κ3) is 2.20. The molecule has 14 heavy (non-hydrogen) atoms. The molecule has 3 nitrogen and oxygen atoms in total. The molecule has 4 heteroatoms. The van der Waals surface area contributed by atoms with Crippen molar-refractivity contribution < 1.29 is 4.39 Å². The Morgan fingerprint density at radius 3 is 2.86 bits per heavy atom. The molecule has 0 aliphatic rings. The molecule has 0 aliphatic carbocycles. The van der Waals surface area contributed by atoms with Gasteiger partial charge in [0.2, 0.25) is 0 Å². The Morgan fingerprint density at radius 1 is 1.64 bits per heavy atom. The van der Waals surface area contributed by atoms with Crippen LogP contribution in [0.4, 0.5) is 10.2 Å². The van der Waals surface area contributed by atoms with E-state index in [0.717, 1.165) is 18.3 Å². The molecule has 1 unspecified atom stereocenters. The van der Waals surface area contributed by atoms with Crippen LogP contribution in [0.1, 0.15) is 25.5 Å². The first-order valence-corrected chi connectivity index (χ1v) is 4.67. The molecule has 0 radical (unpaired) electrons. The highest BCUT2D eigenvalue weighted by Gasteiger charge is 2.14. The predicted octanol–water partition coefficient (Wildman–Crippen LogP) is 1.82. The molecule has 0 fully saturated rings. The fourth-order valence-corrected chi connectivity index (χ4v) is 1.31. The highest BCUT2D eigenvalue weighted by Crippen LogP contribution is 2.23. The predicted molar refractivity (Wildman–Crippen MR) is 55.3 cm³/mol. The molecule has 0 saturated heterocycles. The molecule has 1 atom stereocenters. The zero-order valence-corrected chi connectivity index (χ0v) is 8.79. The van der Waals surface area contributed by atoms with Gasteiger partial charge in [0.15, 0.2) is 0 Å². The fraction of sp³-hybridized carbons (Fsp3) is 0.500. The highest BCUT2D eigenvalue weighted by atomic mass is 19.1. The highest BCUT2D eigenvalue weighted by molar-refractivity contribution is 5.40. The molecule has 0 spiro atoms. The molecule has 0 saturated carbocycles. The van der Waals surface area contributed by atoms with E-state index in [0.29, 0.717) is 5.82 Å². The van der Waals surface area contributed by atoms with Crippen LogP contribution in [-0.4, -0.2) is 23.5 Å². The minimum Gasteiger partial charge on any atom is -0.383 e. The lowest BCUT2D eigenvalue weighted by Gasteiger charge is -2.23. The number of anilines is 1. The second-order valence-corrected chi connectivity index (χ2v) is 3.38. The molecular weight excluding hydrogens is 181 g/mol. The van der Waals surface area contributed by atoms with Crippen LogP contribution >= 0.6 is 0 Å². The maximum Gasteiger partial charge on any atom is 0.141 e. The molecule has 0 amide bonds. The van der Waals surface area contributed by atoms with Crippen molar-refractivity contribution in [3.05, 3.63) is 23.6 Å². The topological polar surface area (TPSA) is 42.2 Å². The third-order valence-corrected chi connectivity index (χ3v) is 2.53. The van der Waals surface area contributed by atoms with E-state index in [-0.39, 0.29) is 11.9 Å². The van der Waals surface area contributed by atoms with Crippen LogP contribution in [0.3, 0.4) is 0 Å². The van der Waals surface area contributed by atoms with E-state index in [1.807, 2.05) is 20.9 Å². The van der Waals surface area contributed by atoms with Crippen molar-refractivity contribution in [1.29, 1.82) is 0 Å². The number of rotatable bonds is 3. The van der Waals surface area contributed by atoms with Crippen LogP contribution in [0.5, 0.6) is 0 Å². The SMILES string of the molecule is CCN(C)C(C)c1cc(F)cnc1N. The fourth-order valence-electron chi connectivity index (χ4n) is 1.31. The zero-order valence-electron chi connectivity index (χ0n) is 8.79. The Balaban J connectivity index is 2.99. The lowest BCUT2D eigenvalue weighted by atomic mass is 10.1. The van der Waals surface area contributed by atoms with Gasteiger partial charge in [-0.3, -0.25) is 4.90 Å². The number of hydrogen-bond donors (Lipinski definition) is 1. The molecule has 0 aromatic carbocycles. The van der Waals surface area contributed by atoms with E-state index in [1.165, 1.54) is 6.07 Å². The van der Waals surface area contributed by atoms with Gasteiger partial charge in [-0.05, 0) is 26.6 Å². The van der Waals surface area contributed by atoms with Crippen LogP contribution in [0.15, 0.2) is 12.3 Å². The monoisotopic (exact) mass is 197 g/mol. The van der Waals surface area contributed by atoms with Gasteiger partial charge < -0.3 is 5.73 Å². The van der Waals surface area contributed by atoms with E-state index in [9.17, 15) is 4.39 Å². The Morgan fingerprint density at radius 2 is 2.29 bits per heavy atom. The van der Waals surface area contributed by atoms with Gasteiger partial charge in [0.05, 0.1) is 6.20 Å². The van der Waals surface area contributed by atoms with E-state index in [1.54, 1.807) is 0 Å². The minimum absolute atomic E-state index is 0.0863. The lowest BCUT2D eigenvalue weighted by Crippen LogP contribution is -2.23. The van der Waals surface area contributed by atoms with Gasteiger partial charge in [0, 0.05) is 11.6 Å². The van der Waals surface area contributed by atoms with Crippen molar-refractivity contribution in [3.8, 4) is 0 Å². The average Bonchev–Trinajstić information content (AvgIpc) is 2.19. The number of nitrogen functional groups attached to an aromatic ring is 1. The Labute approximate surface area is 83.7 Å². The molecule has 1 aromatic rings. The summed E-state index contributed by atoms with van der Waals surface area (Å²) in [6.45, 7) is 4.91. The summed E-state index contributed by atoms with van der Waals surface area (Å²) in [6, 6.07) is 1.53. The maximum atomic E-state index is 12.9. The number of halogens is 1. The lowest BCUT2D eigenvalue weighted by molar-refractivity contribution is 0.275. The second kappa shape index (κ2) is 4.37. The van der Waals surface area contributed by atoms with E-state index >= 15 is 0 Å². The molecule has 0 bridgehead atoms. The molecule has 0 aliphatic heterocycles. The molecule has 1 heterocycles. The summed E-state index contributed by atoms with van der Waals surface area (Å²) in [7, 11) is 1.97. The van der Waals surface area contributed by atoms with Crippen molar-refractivity contribution in [1.82, 2.24) is 9.88 Å². The van der Waals surface area contributed by atoms with Gasteiger partial charge in [-0.1, -0.05) is 6.92 Å². The summed E-state index contributed by atoms with van der Waals surface area (Å²) in [5.41, 5.74) is 6.42.